The number of imidazole rings is 1. The summed E-state index contributed by atoms with van der Waals surface area (Å²) in [4.78, 5) is 4.21. The van der Waals surface area contributed by atoms with Gasteiger partial charge in [0.2, 0.25) is 0 Å². The van der Waals surface area contributed by atoms with Crippen molar-refractivity contribution < 1.29 is 4.74 Å². The largest absolute Gasteiger partial charge is 0.377 e. The summed E-state index contributed by atoms with van der Waals surface area (Å²) in [6, 6.07) is 0. The SMILES string of the molecule is CC.CCn1c(C)cnc1COC. The van der Waals surface area contributed by atoms with E-state index >= 15 is 0 Å². The molecule has 1 rings (SSSR count). The lowest BCUT2D eigenvalue weighted by atomic mass is 10.5. The zero-order valence-electron chi connectivity index (χ0n) is 9.29. The molecule has 76 valence electrons. The van der Waals surface area contributed by atoms with Gasteiger partial charge in [-0.25, -0.2) is 4.98 Å². The molecule has 3 nitrogen and oxygen atoms in total. The second-order valence-electron chi connectivity index (χ2n) is 2.49. The Kier molecular flexibility index (Phi) is 6.24. The first kappa shape index (κ1) is 12.2. The van der Waals surface area contributed by atoms with Crippen molar-refractivity contribution in [1.82, 2.24) is 9.55 Å². The Morgan fingerprint density at radius 3 is 2.54 bits per heavy atom. The van der Waals surface area contributed by atoms with Crippen molar-refractivity contribution in [2.45, 2.75) is 40.8 Å². The molecule has 0 unspecified atom stereocenters. The standard InChI is InChI=1S/C8H14N2O.C2H6/c1-4-10-7(2)5-9-8(10)6-11-3;1-2/h5H,4,6H2,1-3H3;1-2H3. The van der Waals surface area contributed by atoms with Gasteiger partial charge in [-0.3, -0.25) is 0 Å². The van der Waals surface area contributed by atoms with Crippen LogP contribution in [0.25, 0.3) is 0 Å². The molecule has 0 saturated carbocycles. The lowest BCUT2D eigenvalue weighted by molar-refractivity contribution is 0.174. The number of aryl methyl sites for hydroxylation is 1. The molecule has 0 atom stereocenters. The lowest BCUT2D eigenvalue weighted by Gasteiger charge is -2.04. The highest BCUT2D eigenvalue weighted by Crippen LogP contribution is 2.04. The number of aromatic nitrogens is 2. The van der Waals surface area contributed by atoms with Crippen LogP contribution in [0.15, 0.2) is 6.20 Å². The minimum absolute atomic E-state index is 0.599. The Morgan fingerprint density at radius 1 is 1.46 bits per heavy atom. The van der Waals surface area contributed by atoms with Crippen LogP contribution < -0.4 is 0 Å². The first-order chi connectivity index (χ1) is 6.29. The Labute approximate surface area is 80.7 Å². The van der Waals surface area contributed by atoms with E-state index in [1.165, 1.54) is 5.69 Å². The fourth-order valence-corrected chi connectivity index (χ4v) is 1.19. The van der Waals surface area contributed by atoms with Gasteiger partial charge in [-0.05, 0) is 13.8 Å². The summed E-state index contributed by atoms with van der Waals surface area (Å²) in [6.45, 7) is 9.72. The fourth-order valence-electron chi connectivity index (χ4n) is 1.19. The summed E-state index contributed by atoms with van der Waals surface area (Å²) in [6.07, 6.45) is 1.87. The van der Waals surface area contributed by atoms with Crippen molar-refractivity contribution in [1.29, 1.82) is 0 Å². The average Bonchev–Trinajstić information content (AvgIpc) is 2.51. The number of ether oxygens (including phenoxy) is 1. The van der Waals surface area contributed by atoms with Crippen LogP contribution in [0.3, 0.4) is 0 Å². The number of nitrogens with zero attached hydrogens (tertiary/aromatic N) is 2. The van der Waals surface area contributed by atoms with E-state index in [0.29, 0.717) is 6.61 Å². The topological polar surface area (TPSA) is 27.1 Å². The number of rotatable bonds is 3. The predicted molar refractivity (Wildman–Crippen MR) is 54.7 cm³/mol. The quantitative estimate of drug-likeness (QED) is 0.721. The second kappa shape index (κ2) is 6.66. The van der Waals surface area contributed by atoms with Crippen molar-refractivity contribution in [2.24, 2.45) is 0 Å². The van der Waals surface area contributed by atoms with E-state index in [-0.39, 0.29) is 0 Å². The minimum atomic E-state index is 0.599. The molecule has 0 bridgehead atoms. The van der Waals surface area contributed by atoms with E-state index in [1.54, 1.807) is 7.11 Å². The van der Waals surface area contributed by atoms with Crippen LogP contribution in [0.4, 0.5) is 0 Å². The van der Waals surface area contributed by atoms with Crippen LogP contribution in [-0.4, -0.2) is 16.7 Å². The molecule has 0 aromatic carbocycles. The predicted octanol–water partition coefficient (Wildman–Crippen LogP) is 2.38. The van der Waals surface area contributed by atoms with Gasteiger partial charge < -0.3 is 9.30 Å². The maximum Gasteiger partial charge on any atom is 0.134 e. The third-order valence-corrected chi connectivity index (χ3v) is 1.73. The summed E-state index contributed by atoms with van der Waals surface area (Å²) < 4.78 is 7.14. The number of methoxy groups -OCH3 is 1. The summed E-state index contributed by atoms with van der Waals surface area (Å²) in [5, 5.41) is 0. The summed E-state index contributed by atoms with van der Waals surface area (Å²) >= 11 is 0. The highest BCUT2D eigenvalue weighted by Gasteiger charge is 2.02. The molecule has 1 aromatic heterocycles. The van der Waals surface area contributed by atoms with Crippen LogP contribution >= 0.6 is 0 Å². The zero-order valence-corrected chi connectivity index (χ0v) is 9.29. The third kappa shape index (κ3) is 3.19. The minimum Gasteiger partial charge on any atom is -0.377 e. The van der Waals surface area contributed by atoms with Gasteiger partial charge in [-0.1, -0.05) is 13.8 Å². The van der Waals surface area contributed by atoms with E-state index in [4.69, 9.17) is 4.74 Å². The molecule has 1 heterocycles. The highest BCUT2D eigenvalue weighted by atomic mass is 16.5. The molecular weight excluding hydrogens is 164 g/mol. The van der Waals surface area contributed by atoms with Crippen molar-refractivity contribution in [2.75, 3.05) is 7.11 Å². The number of hydrogen-bond acceptors (Lipinski definition) is 2. The lowest BCUT2D eigenvalue weighted by Crippen LogP contribution is -2.04. The fraction of sp³-hybridized carbons (Fsp3) is 0.700. The normalized spacial score (nSPS) is 9.31. The van der Waals surface area contributed by atoms with Gasteiger partial charge in [0.05, 0.1) is 0 Å². The molecule has 0 N–H and O–H groups in total. The van der Waals surface area contributed by atoms with Gasteiger partial charge >= 0.3 is 0 Å². The number of hydrogen-bond donors (Lipinski definition) is 0. The Morgan fingerprint density at radius 2 is 2.08 bits per heavy atom. The van der Waals surface area contributed by atoms with Gasteiger partial charge in [0.1, 0.15) is 12.4 Å². The molecule has 1 aromatic rings. The van der Waals surface area contributed by atoms with E-state index in [0.717, 1.165) is 12.4 Å². The first-order valence-electron chi connectivity index (χ1n) is 4.79. The van der Waals surface area contributed by atoms with E-state index in [9.17, 15) is 0 Å². The average molecular weight is 184 g/mol. The van der Waals surface area contributed by atoms with Crippen molar-refractivity contribution in [3.63, 3.8) is 0 Å². The van der Waals surface area contributed by atoms with Gasteiger partial charge in [-0.15, -0.1) is 0 Å². The molecule has 0 fully saturated rings. The summed E-state index contributed by atoms with van der Waals surface area (Å²) in [5.74, 6) is 1.01. The molecule has 3 heteroatoms. The van der Waals surface area contributed by atoms with Crippen LogP contribution in [0, 0.1) is 6.92 Å². The smallest absolute Gasteiger partial charge is 0.134 e. The third-order valence-electron chi connectivity index (χ3n) is 1.73. The van der Waals surface area contributed by atoms with Crippen LogP contribution in [-0.2, 0) is 17.9 Å². The highest BCUT2D eigenvalue weighted by molar-refractivity contribution is 5.02. The van der Waals surface area contributed by atoms with Crippen LogP contribution in [0.5, 0.6) is 0 Å². The summed E-state index contributed by atoms with van der Waals surface area (Å²) in [5.41, 5.74) is 1.19. The van der Waals surface area contributed by atoms with E-state index in [1.807, 2.05) is 20.0 Å². The van der Waals surface area contributed by atoms with Gasteiger partial charge in [-0.2, -0.15) is 0 Å². The Hall–Kier alpha value is -0.830. The van der Waals surface area contributed by atoms with Crippen molar-refractivity contribution >= 4 is 0 Å². The summed E-state index contributed by atoms with van der Waals surface area (Å²) in [7, 11) is 1.68. The molecule has 0 saturated heterocycles. The zero-order chi connectivity index (χ0) is 10.3. The van der Waals surface area contributed by atoms with Crippen LogP contribution in [0.1, 0.15) is 32.3 Å². The van der Waals surface area contributed by atoms with Gasteiger partial charge in [0.15, 0.2) is 0 Å². The second-order valence-corrected chi connectivity index (χ2v) is 2.49. The Bertz CT molecular complexity index is 231. The maximum atomic E-state index is 5.00. The molecular formula is C10H20N2O. The molecule has 0 aliphatic heterocycles. The van der Waals surface area contributed by atoms with Crippen LogP contribution in [0.2, 0.25) is 0 Å². The molecule has 0 radical (unpaired) electrons. The molecule has 0 aliphatic rings. The molecule has 0 spiro atoms. The Balaban J connectivity index is 0.000000671. The molecule has 0 aliphatic carbocycles. The molecule has 13 heavy (non-hydrogen) atoms. The first-order valence-corrected chi connectivity index (χ1v) is 4.79. The maximum absolute atomic E-state index is 5.00. The van der Waals surface area contributed by atoms with Crippen molar-refractivity contribution in [3.8, 4) is 0 Å². The monoisotopic (exact) mass is 184 g/mol. The van der Waals surface area contributed by atoms with E-state index in [2.05, 4.69) is 23.4 Å². The molecule has 0 amide bonds. The van der Waals surface area contributed by atoms with Gasteiger partial charge in [0.25, 0.3) is 0 Å². The van der Waals surface area contributed by atoms with Gasteiger partial charge in [0, 0.05) is 25.5 Å². The van der Waals surface area contributed by atoms with E-state index < -0.39 is 0 Å². The van der Waals surface area contributed by atoms with Crippen molar-refractivity contribution in [3.05, 3.63) is 17.7 Å².